The maximum absolute atomic E-state index is 10.3. The van der Waals surface area contributed by atoms with Crippen molar-refractivity contribution in [3.8, 4) is 0 Å². The fourth-order valence-corrected chi connectivity index (χ4v) is 1.91. The Kier molecular flexibility index (Phi) is 5.35. The van der Waals surface area contributed by atoms with Gasteiger partial charge in [-0.1, -0.05) is 24.3 Å². The van der Waals surface area contributed by atoms with Crippen LogP contribution in [0.1, 0.15) is 32.4 Å². The number of para-hydroxylation sites is 1. The van der Waals surface area contributed by atoms with Gasteiger partial charge in [0.05, 0.1) is 11.6 Å². The summed E-state index contributed by atoms with van der Waals surface area (Å²) in [5.41, 5.74) is 1.76. The van der Waals surface area contributed by atoms with Gasteiger partial charge in [0.25, 0.3) is 0 Å². The van der Waals surface area contributed by atoms with Crippen LogP contribution in [0, 0.1) is 0 Å². The fraction of sp³-hybridized carbons (Fsp3) is 0.400. The summed E-state index contributed by atoms with van der Waals surface area (Å²) in [5.74, 6) is 0. The fourth-order valence-electron chi connectivity index (χ4n) is 1.91. The molecule has 0 aliphatic heterocycles. The maximum Gasteiger partial charge on any atom is 0.0935 e. The van der Waals surface area contributed by atoms with Crippen molar-refractivity contribution < 1.29 is 5.11 Å². The van der Waals surface area contributed by atoms with Gasteiger partial charge in [-0.2, -0.15) is 13.5 Å². The molecular formula is C15H22N2OS. The van der Waals surface area contributed by atoms with Gasteiger partial charge in [0, 0.05) is 29.2 Å². The first-order valence-electron chi connectivity index (χ1n) is 6.24. The van der Waals surface area contributed by atoms with Crippen molar-refractivity contribution in [2.75, 3.05) is 6.54 Å². The van der Waals surface area contributed by atoms with Crippen molar-refractivity contribution in [2.24, 2.45) is 0 Å². The van der Waals surface area contributed by atoms with Gasteiger partial charge in [-0.25, -0.2) is 0 Å². The van der Waals surface area contributed by atoms with Crippen LogP contribution in [0.5, 0.6) is 0 Å². The average Bonchev–Trinajstić information content (AvgIpc) is 2.34. The molecule has 3 nitrogen and oxygen atoms in total. The minimum absolute atomic E-state index is 0. The van der Waals surface area contributed by atoms with E-state index in [-0.39, 0.29) is 19.0 Å². The SMILES string of the molecule is CC(C)(C)NC[C@@H](O)c1cccc2cccnc12.S. The summed E-state index contributed by atoms with van der Waals surface area (Å²) < 4.78 is 0. The number of nitrogens with zero attached hydrogens (tertiary/aromatic N) is 1. The molecule has 0 radical (unpaired) electrons. The number of nitrogens with one attached hydrogen (secondary N) is 1. The van der Waals surface area contributed by atoms with Crippen molar-refractivity contribution in [3.05, 3.63) is 42.1 Å². The number of aromatic nitrogens is 1. The van der Waals surface area contributed by atoms with E-state index < -0.39 is 6.10 Å². The zero-order chi connectivity index (χ0) is 13.2. The van der Waals surface area contributed by atoms with Crippen LogP contribution in [0.25, 0.3) is 10.9 Å². The summed E-state index contributed by atoms with van der Waals surface area (Å²) in [4.78, 5) is 4.36. The van der Waals surface area contributed by atoms with Gasteiger partial charge in [-0.3, -0.25) is 4.98 Å². The Morgan fingerprint density at radius 1 is 1.21 bits per heavy atom. The predicted molar refractivity (Wildman–Crippen MR) is 84.8 cm³/mol. The zero-order valence-electron chi connectivity index (χ0n) is 11.6. The van der Waals surface area contributed by atoms with Crippen molar-refractivity contribution >= 4 is 24.4 Å². The molecule has 1 heterocycles. The molecule has 0 saturated heterocycles. The van der Waals surface area contributed by atoms with Crippen molar-refractivity contribution in [1.82, 2.24) is 10.3 Å². The van der Waals surface area contributed by atoms with Gasteiger partial charge in [-0.05, 0) is 26.8 Å². The van der Waals surface area contributed by atoms with Gasteiger partial charge < -0.3 is 10.4 Å². The Morgan fingerprint density at radius 2 is 1.89 bits per heavy atom. The number of β-amino-alcohol motifs (C(OH)–C–C–N with tert-alkyl or cyclic N) is 1. The van der Waals surface area contributed by atoms with E-state index in [9.17, 15) is 5.11 Å². The first kappa shape index (κ1) is 16.0. The maximum atomic E-state index is 10.3. The molecule has 0 spiro atoms. The topological polar surface area (TPSA) is 45.1 Å². The third-order valence-electron chi connectivity index (χ3n) is 2.85. The number of fused-ring (bicyclic) bond motifs is 1. The first-order valence-corrected chi connectivity index (χ1v) is 6.24. The molecule has 0 aliphatic carbocycles. The lowest BCUT2D eigenvalue weighted by Gasteiger charge is -2.23. The number of rotatable bonds is 3. The number of pyridine rings is 1. The van der Waals surface area contributed by atoms with Crippen molar-refractivity contribution in [1.29, 1.82) is 0 Å². The van der Waals surface area contributed by atoms with Crippen LogP contribution < -0.4 is 5.32 Å². The predicted octanol–water partition coefficient (Wildman–Crippen LogP) is 2.77. The van der Waals surface area contributed by atoms with E-state index in [0.29, 0.717) is 6.54 Å². The average molecular weight is 278 g/mol. The van der Waals surface area contributed by atoms with E-state index in [0.717, 1.165) is 16.5 Å². The minimum Gasteiger partial charge on any atom is -0.387 e. The molecule has 2 N–H and O–H groups in total. The molecule has 0 saturated carbocycles. The van der Waals surface area contributed by atoms with E-state index in [2.05, 4.69) is 31.1 Å². The molecule has 0 aliphatic rings. The Morgan fingerprint density at radius 3 is 2.58 bits per heavy atom. The van der Waals surface area contributed by atoms with Gasteiger partial charge in [0.2, 0.25) is 0 Å². The van der Waals surface area contributed by atoms with Crippen LogP contribution in [0.4, 0.5) is 0 Å². The highest BCUT2D eigenvalue weighted by atomic mass is 32.1. The Bertz CT molecular complexity index is 532. The van der Waals surface area contributed by atoms with E-state index in [1.54, 1.807) is 6.20 Å². The number of hydrogen-bond donors (Lipinski definition) is 2. The van der Waals surface area contributed by atoms with Crippen LogP contribution in [-0.2, 0) is 0 Å². The lowest BCUT2D eigenvalue weighted by Crippen LogP contribution is -2.38. The minimum atomic E-state index is -0.539. The summed E-state index contributed by atoms with van der Waals surface area (Å²) in [7, 11) is 0. The molecule has 104 valence electrons. The second kappa shape index (κ2) is 6.37. The van der Waals surface area contributed by atoms with Gasteiger partial charge in [0.15, 0.2) is 0 Å². The molecular weight excluding hydrogens is 256 g/mol. The molecule has 19 heavy (non-hydrogen) atoms. The summed E-state index contributed by atoms with van der Waals surface area (Å²) in [6.45, 7) is 6.78. The molecule has 0 fully saturated rings. The lowest BCUT2D eigenvalue weighted by atomic mass is 10.0. The van der Waals surface area contributed by atoms with Gasteiger partial charge >= 0.3 is 0 Å². The molecule has 0 unspecified atom stereocenters. The Labute approximate surface area is 121 Å². The molecule has 4 heteroatoms. The summed E-state index contributed by atoms with van der Waals surface area (Å²) in [6, 6.07) is 9.82. The number of benzene rings is 1. The Hall–Kier alpha value is -1.10. The molecule has 0 amide bonds. The third-order valence-corrected chi connectivity index (χ3v) is 2.85. The highest BCUT2D eigenvalue weighted by molar-refractivity contribution is 7.59. The molecule has 0 bridgehead atoms. The van der Waals surface area contributed by atoms with Crippen molar-refractivity contribution in [2.45, 2.75) is 32.4 Å². The second-order valence-corrected chi connectivity index (χ2v) is 5.57. The van der Waals surface area contributed by atoms with Crippen molar-refractivity contribution in [3.63, 3.8) is 0 Å². The third kappa shape index (κ3) is 4.20. The molecule has 1 atom stereocenters. The molecule has 1 aromatic carbocycles. The van der Waals surface area contributed by atoms with Gasteiger partial charge in [0.1, 0.15) is 0 Å². The lowest BCUT2D eigenvalue weighted by molar-refractivity contribution is 0.164. The van der Waals surface area contributed by atoms with E-state index >= 15 is 0 Å². The Balaban J connectivity index is 0.00000180. The quantitative estimate of drug-likeness (QED) is 0.907. The first-order chi connectivity index (χ1) is 8.47. The normalized spacial score (nSPS) is 13.1. The highest BCUT2D eigenvalue weighted by Gasteiger charge is 2.15. The second-order valence-electron chi connectivity index (χ2n) is 5.57. The van der Waals surface area contributed by atoms with Crippen LogP contribution in [0.3, 0.4) is 0 Å². The molecule has 2 rings (SSSR count). The smallest absolute Gasteiger partial charge is 0.0935 e. The summed E-state index contributed by atoms with van der Waals surface area (Å²) in [5, 5.41) is 14.6. The number of aliphatic hydroxyl groups is 1. The van der Waals surface area contributed by atoms with E-state index in [1.165, 1.54) is 0 Å². The summed E-state index contributed by atoms with van der Waals surface area (Å²) in [6.07, 6.45) is 1.22. The van der Waals surface area contributed by atoms with E-state index in [4.69, 9.17) is 0 Å². The van der Waals surface area contributed by atoms with Crippen LogP contribution in [-0.4, -0.2) is 22.2 Å². The van der Waals surface area contributed by atoms with Crippen LogP contribution >= 0.6 is 13.5 Å². The van der Waals surface area contributed by atoms with Crippen LogP contribution in [0.15, 0.2) is 36.5 Å². The standard InChI is InChI=1S/C15H20N2O.H2S/c1-15(2,3)17-10-13(18)12-8-4-6-11-7-5-9-16-14(11)12;/h4-9,13,17-18H,10H2,1-3H3;1H2/t13-;/m1./s1. The number of aliphatic hydroxyl groups excluding tert-OH is 1. The zero-order valence-corrected chi connectivity index (χ0v) is 12.6. The molecule has 1 aromatic heterocycles. The summed E-state index contributed by atoms with van der Waals surface area (Å²) >= 11 is 0. The monoisotopic (exact) mass is 278 g/mol. The largest absolute Gasteiger partial charge is 0.387 e. The van der Waals surface area contributed by atoms with E-state index in [1.807, 2.05) is 30.3 Å². The highest BCUT2D eigenvalue weighted by Crippen LogP contribution is 2.22. The number of hydrogen-bond acceptors (Lipinski definition) is 3. The van der Waals surface area contributed by atoms with Gasteiger partial charge in [-0.15, -0.1) is 0 Å². The molecule has 2 aromatic rings. The van der Waals surface area contributed by atoms with Crippen LogP contribution in [0.2, 0.25) is 0 Å².